The predicted molar refractivity (Wildman–Crippen MR) is 84.6 cm³/mol. The molecule has 4 nitrogen and oxygen atoms in total. The average molecular weight is 285 g/mol. The van der Waals surface area contributed by atoms with Gasteiger partial charge in [0.1, 0.15) is 5.75 Å². The number of nitrogens with zero attached hydrogens (tertiary/aromatic N) is 2. The van der Waals surface area contributed by atoms with Gasteiger partial charge in [0.05, 0.1) is 30.7 Å². The Bertz CT molecular complexity index is 581. The number of ether oxygens (including phenoxy) is 1. The molecule has 1 atom stereocenters. The normalized spacial score (nSPS) is 12.2. The molecule has 0 aliphatic rings. The summed E-state index contributed by atoms with van der Waals surface area (Å²) >= 11 is 0. The van der Waals surface area contributed by atoms with Gasteiger partial charge in [-0.1, -0.05) is 24.6 Å². The van der Waals surface area contributed by atoms with Gasteiger partial charge in [-0.05, 0) is 38.4 Å². The third-order valence-corrected chi connectivity index (χ3v) is 3.47. The van der Waals surface area contributed by atoms with Gasteiger partial charge in [0.15, 0.2) is 0 Å². The van der Waals surface area contributed by atoms with Crippen molar-refractivity contribution in [3.05, 3.63) is 53.1 Å². The first-order valence-electron chi connectivity index (χ1n) is 7.29. The molecule has 0 radical (unpaired) electrons. The second-order valence-corrected chi connectivity index (χ2v) is 5.21. The maximum absolute atomic E-state index is 5.47. The fourth-order valence-electron chi connectivity index (χ4n) is 2.40. The third-order valence-electron chi connectivity index (χ3n) is 3.47. The van der Waals surface area contributed by atoms with E-state index in [2.05, 4.69) is 41.3 Å². The fraction of sp³-hybridized carbons (Fsp3) is 0.412. The van der Waals surface area contributed by atoms with Gasteiger partial charge in [-0.2, -0.15) is 0 Å². The van der Waals surface area contributed by atoms with Crippen LogP contribution in [0.3, 0.4) is 0 Å². The zero-order valence-electron chi connectivity index (χ0n) is 13.2. The van der Waals surface area contributed by atoms with Crippen LogP contribution in [0, 0.1) is 13.8 Å². The summed E-state index contributed by atoms with van der Waals surface area (Å²) in [7, 11) is 1.71. The van der Waals surface area contributed by atoms with Gasteiger partial charge in [0, 0.05) is 6.20 Å². The van der Waals surface area contributed by atoms with Gasteiger partial charge >= 0.3 is 0 Å². The first-order valence-corrected chi connectivity index (χ1v) is 7.29. The molecule has 0 aliphatic heterocycles. The smallest absolute Gasteiger partial charge is 0.122 e. The molecule has 0 aliphatic carbocycles. The minimum atomic E-state index is 0.138. The van der Waals surface area contributed by atoms with Crippen molar-refractivity contribution in [3.8, 4) is 5.75 Å². The van der Waals surface area contributed by atoms with E-state index < -0.39 is 0 Å². The monoisotopic (exact) mass is 285 g/mol. The van der Waals surface area contributed by atoms with Crippen molar-refractivity contribution < 1.29 is 4.74 Å². The maximum Gasteiger partial charge on any atom is 0.122 e. The van der Waals surface area contributed by atoms with Crippen molar-refractivity contribution in [3.63, 3.8) is 0 Å². The first kappa shape index (κ1) is 15.4. The molecule has 0 fully saturated rings. The van der Waals surface area contributed by atoms with E-state index in [0.717, 1.165) is 30.1 Å². The molecule has 112 valence electrons. The van der Waals surface area contributed by atoms with Crippen LogP contribution in [0.25, 0.3) is 0 Å². The van der Waals surface area contributed by atoms with Crippen LogP contribution in [0.5, 0.6) is 5.75 Å². The molecular formula is C17H23N3O. The molecule has 1 N–H and O–H groups in total. The lowest BCUT2D eigenvalue weighted by Crippen LogP contribution is -2.24. The van der Waals surface area contributed by atoms with Gasteiger partial charge in [-0.3, -0.25) is 9.97 Å². The van der Waals surface area contributed by atoms with E-state index in [4.69, 9.17) is 4.74 Å². The van der Waals surface area contributed by atoms with E-state index in [1.807, 2.05) is 25.4 Å². The fourth-order valence-corrected chi connectivity index (χ4v) is 2.40. The zero-order chi connectivity index (χ0) is 15.2. The number of hydrogen-bond acceptors (Lipinski definition) is 4. The summed E-state index contributed by atoms with van der Waals surface area (Å²) in [6.07, 6.45) is 4.49. The van der Waals surface area contributed by atoms with Crippen molar-refractivity contribution >= 4 is 0 Å². The molecule has 1 unspecified atom stereocenters. The predicted octanol–water partition coefficient (Wildman–Crippen LogP) is 3.00. The van der Waals surface area contributed by atoms with E-state index in [9.17, 15) is 0 Å². The number of aromatic nitrogens is 2. The Hall–Kier alpha value is -1.94. The van der Waals surface area contributed by atoms with Crippen molar-refractivity contribution in [1.29, 1.82) is 0 Å². The Balaban J connectivity index is 2.27. The number of methoxy groups -OCH3 is 1. The van der Waals surface area contributed by atoms with Gasteiger partial charge in [-0.15, -0.1) is 0 Å². The molecule has 21 heavy (non-hydrogen) atoms. The highest BCUT2D eigenvalue weighted by Gasteiger charge is 2.15. The standard InChI is InChI=1S/C17H23N3O/c1-5-18-15(16-11-19-13(3)10-20-16)9-14-8-12(2)6-7-17(14)21-4/h6-8,10-11,15,18H,5,9H2,1-4H3. The van der Waals surface area contributed by atoms with Crippen LogP contribution < -0.4 is 10.1 Å². The van der Waals surface area contributed by atoms with E-state index in [1.54, 1.807) is 7.11 Å². The average Bonchev–Trinajstić information content (AvgIpc) is 2.48. The van der Waals surface area contributed by atoms with Crippen LogP contribution in [0.4, 0.5) is 0 Å². The molecule has 0 amide bonds. The molecule has 1 heterocycles. The Morgan fingerprint density at radius 3 is 2.62 bits per heavy atom. The molecule has 2 aromatic rings. The van der Waals surface area contributed by atoms with E-state index in [1.165, 1.54) is 11.1 Å². The largest absolute Gasteiger partial charge is 0.496 e. The number of hydrogen-bond donors (Lipinski definition) is 1. The summed E-state index contributed by atoms with van der Waals surface area (Å²) in [6, 6.07) is 6.40. The molecule has 0 saturated carbocycles. The number of benzene rings is 1. The van der Waals surface area contributed by atoms with E-state index >= 15 is 0 Å². The Labute approximate surface area is 126 Å². The van der Waals surface area contributed by atoms with Crippen LogP contribution in [-0.4, -0.2) is 23.6 Å². The molecular weight excluding hydrogens is 262 g/mol. The second-order valence-electron chi connectivity index (χ2n) is 5.21. The lowest BCUT2D eigenvalue weighted by Gasteiger charge is -2.19. The lowest BCUT2D eigenvalue weighted by molar-refractivity contribution is 0.405. The Morgan fingerprint density at radius 2 is 2.00 bits per heavy atom. The van der Waals surface area contributed by atoms with Crippen LogP contribution in [0.15, 0.2) is 30.6 Å². The van der Waals surface area contributed by atoms with Crippen molar-refractivity contribution in [2.75, 3.05) is 13.7 Å². The number of aryl methyl sites for hydroxylation is 2. The van der Waals surface area contributed by atoms with Crippen molar-refractivity contribution in [2.45, 2.75) is 33.2 Å². The van der Waals surface area contributed by atoms with Crippen molar-refractivity contribution in [2.24, 2.45) is 0 Å². The number of rotatable bonds is 6. The van der Waals surface area contributed by atoms with E-state index in [0.29, 0.717) is 0 Å². The lowest BCUT2D eigenvalue weighted by atomic mass is 10.0. The quantitative estimate of drug-likeness (QED) is 0.886. The van der Waals surface area contributed by atoms with Gasteiger partial charge in [0.25, 0.3) is 0 Å². The summed E-state index contributed by atoms with van der Waals surface area (Å²) in [6.45, 7) is 7.02. The molecule has 0 saturated heterocycles. The topological polar surface area (TPSA) is 47.0 Å². The van der Waals surface area contributed by atoms with Crippen LogP contribution in [0.2, 0.25) is 0 Å². The Morgan fingerprint density at radius 1 is 1.19 bits per heavy atom. The van der Waals surface area contributed by atoms with E-state index in [-0.39, 0.29) is 6.04 Å². The van der Waals surface area contributed by atoms with Crippen molar-refractivity contribution in [1.82, 2.24) is 15.3 Å². The second kappa shape index (κ2) is 7.18. The molecule has 1 aromatic heterocycles. The molecule has 0 spiro atoms. The summed E-state index contributed by atoms with van der Waals surface area (Å²) in [5.41, 5.74) is 4.31. The van der Waals surface area contributed by atoms with Gasteiger partial charge in [0.2, 0.25) is 0 Å². The number of likely N-dealkylation sites (N-methyl/N-ethyl adjacent to an activating group) is 1. The van der Waals surface area contributed by atoms with Crippen LogP contribution >= 0.6 is 0 Å². The number of nitrogens with one attached hydrogen (secondary N) is 1. The highest BCUT2D eigenvalue weighted by Crippen LogP contribution is 2.25. The Kier molecular flexibility index (Phi) is 5.28. The molecule has 2 rings (SSSR count). The zero-order valence-corrected chi connectivity index (χ0v) is 13.2. The first-order chi connectivity index (χ1) is 10.1. The highest BCUT2D eigenvalue weighted by atomic mass is 16.5. The van der Waals surface area contributed by atoms with Crippen LogP contribution in [0.1, 0.15) is 35.5 Å². The van der Waals surface area contributed by atoms with Crippen LogP contribution in [-0.2, 0) is 6.42 Å². The summed E-state index contributed by atoms with van der Waals surface area (Å²) in [4.78, 5) is 8.86. The SMILES string of the molecule is CCNC(Cc1cc(C)ccc1OC)c1cnc(C)cn1. The summed E-state index contributed by atoms with van der Waals surface area (Å²) in [5, 5.41) is 3.48. The summed E-state index contributed by atoms with van der Waals surface area (Å²) < 4.78 is 5.47. The summed E-state index contributed by atoms with van der Waals surface area (Å²) in [5.74, 6) is 0.920. The maximum atomic E-state index is 5.47. The molecule has 0 bridgehead atoms. The molecule has 4 heteroatoms. The third kappa shape index (κ3) is 4.02. The van der Waals surface area contributed by atoms with Gasteiger partial charge < -0.3 is 10.1 Å². The minimum absolute atomic E-state index is 0.138. The van der Waals surface area contributed by atoms with Gasteiger partial charge in [-0.25, -0.2) is 0 Å². The minimum Gasteiger partial charge on any atom is -0.496 e. The highest BCUT2D eigenvalue weighted by molar-refractivity contribution is 5.38. The molecule has 1 aromatic carbocycles.